The zero-order valence-corrected chi connectivity index (χ0v) is 11.5. The summed E-state index contributed by atoms with van der Waals surface area (Å²) in [4.78, 5) is 2.42. The smallest absolute Gasteiger partial charge is 0.119 e. The normalized spacial score (nSPS) is 17.0. The van der Waals surface area contributed by atoms with Gasteiger partial charge in [0.2, 0.25) is 0 Å². The highest BCUT2D eigenvalue weighted by atomic mass is 16.5. The average Bonchev–Trinajstić information content (AvgIpc) is 2.41. The third kappa shape index (κ3) is 4.69. The molecule has 1 saturated carbocycles. The monoisotopic (exact) mass is 247 g/mol. The zero-order valence-electron chi connectivity index (χ0n) is 11.5. The number of likely N-dealkylation sites (N-methyl/N-ethyl adjacent to an activating group) is 1. The summed E-state index contributed by atoms with van der Waals surface area (Å²) in [5.41, 5.74) is 0. The third-order valence-electron chi connectivity index (χ3n) is 3.78. The molecule has 100 valence electrons. The van der Waals surface area contributed by atoms with Crippen LogP contribution in [0.25, 0.3) is 0 Å². The molecule has 1 aliphatic carbocycles. The van der Waals surface area contributed by atoms with Crippen molar-refractivity contribution < 1.29 is 4.74 Å². The first-order chi connectivity index (χ1) is 8.84. The van der Waals surface area contributed by atoms with Gasteiger partial charge < -0.3 is 9.64 Å². The third-order valence-corrected chi connectivity index (χ3v) is 3.78. The second-order valence-corrected chi connectivity index (χ2v) is 5.43. The average molecular weight is 247 g/mol. The first-order valence-electron chi connectivity index (χ1n) is 7.21. The molecule has 18 heavy (non-hydrogen) atoms. The van der Waals surface area contributed by atoms with Gasteiger partial charge >= 0.3 is 0 Å². The fourth-order valence-electron chi connectivity index (χ4n) is 2.74. The lowest BCUT2D eigenvalue weighted by atomic mass is 9.89. The van der Waals surface area contributed by atoms with Gasteiger partial charge in [-0.25, -0.2) is 0 Å². The predicted octanol–water partition coefficient (Wildman–Crippen LogP) is 3.58. The van der Waals surface area contributed by atoms with Crippen LogP contribution in [0.5, 0.6) is 5.75 Å². The van der Waals surface area contributed by atoms with Gasteiger partial charge in [0.15, 0.2) is 0 Å². The van der Waals surface area contributed by atoms with Crippen LogP contribution >= 0.6 is 0 Å². The van der Waals surface area contributed by atoms with Crippen molar-refractivity contribution in [2.24, 2.45) is 5.92 Å². The van der Waals surface area contributed by atoms with E-state index in [2.05, 4.69) is 11.9 Å². The molecular weight excluding hydrogens is 222 g/mol. The Morgan fingerprint density at radius 1 is 1.11 bits per heavy atom. The Morgan fingerprint density at radius 2 is 1.83 bits per heavy atom. The van der Waals surface area contributed by atoms with Gasteiger partial charge in [-0.05, 0) is 37.9 Å². The van der Waals surface area contributed by atoms with Gasteiger partial charge in [-0.1, -0.05) is 37.5 Å². The van der Waals surface area contributed by atoms with Crippen LogP contribution in [0.4, 0.5) is 0 Å². The van der Waals surface area contributed by atoms with Crippen LogP contribution in [0.2, 0.25) is 0 Å². The van der Waals surface area contributed by atoms with Crippen molar-refractivity contribution in [2.45, 2.75) is 32.1 Å². The van der Waals surface area contributed by atoms with Gasteiger partial charge in [-0.2, -0.15) is 0 Å². The molecule has 2 rings (SSSR count). The molecule has 0 aliphatic heterocycles. The van der Waals surface area contributed by atoms with Crippen LogP contribution in [-0.2, 0) is 0 Å². The molecule has 0 saturated heterocycles. The topological polar surface area (TPSA) is 12.5 Å². The molecule has 0 atom stereocenters. The van der Waals surface area contributed by atoms with Gasteiger partial charge in [-0.15, -0.1) is 0 Å². The van der Waals surface area contributed by atoms with E-state index in [-0.39, 0.29) is 0 Å². The Labute approximate surface area is 111 Å². The Hall–Kier alpha value is -1.02. The second kappa shape index (κ2) is 7.42. The molecule has 0 heterocycles. The molecule has 0 unspecified atom stereocenters. The van der Waals surface area contributed by atoms with E-state index in [1.54, 1.807) is 0 Å². The van der Waals surface area contributed by atoms with E-state index in [9.17, 15) is 0 Å². The minimum absolute atomic E-state index is 0.785. The Morgan fingerprint density at radius 3 is 2.56 bits per heavy atom. The molecular formula is C16H25NO. The lowest BCUT2D eigenvalue weighted by Crippen LogP contribution is -2.30. The van der Waals surface area contributed by atoms with Crippen molar-refractivity contribution in [2.75, 3.05) is 26.7 Å². The van der Waals surface area contributed by atoms with E-state index >= 15 is 0 Å². The standard InChI is InChI=1S/C16H25NO/c1-17(14-15-8-4-2-5-9-15)12-13-18-16-10-6-3-7-11-16/h3,6-7,10-11,15H,2,4-5,8-9,12-14H2,1H3. The van der Waals surface area contributed by atoms with Crippen LogP contribution < -0.4 is 4.74 Å². The molecule has 1 aliphatic rings. The molecule has 2 nitrogen and oxygen atoms in total. The van der Waals surface area contributed by atoms with E-state index in [4.69, 9.17) is 4.74 Å². The first kappa shape index (κ1) is 13.4. The van der Waals surface area contributed by atoms with E-state index in [1.807, 2.05) is 30.3 Å². The maximum Gasteiger partial charge on any atom is 0.119 e. The molecule has 0 amide bonds. The Bertz CT molecular complexity index is 319. The summed E-state index contributed by atoms with van der Waals surface area (Å²) in [6.45, 7) is 3.04. The molecule has 0 N–H and O–H groups in total. The summed E-state index contributed by atoms with van der Waals surface area (Å²) in [7, 11) is 2.21. The minimum Gasteiger partial charge on any atom is -0.492 e. The van der Waals surface area contributed by atoms with E-state index in [0.717, 1.165) is 24.8 Å². The molecule has 0 aromatic heterocycles. The SMILES string of the molecule is CN(CCOc1ccccc1)CC1CCCCC1. The highest BCUT2D eigenvalue weighted by Gasteiger charge is 2.14. The van der Waals surface area contributed by atoms with Crippen LogP contribution in [-0.4, -0.2) is 31.6 Å². The van der Waals surface area contributed by atoms with Gasteiger partial charge in [0, 0.05) is 13.1 Å². The zero-order chi connectivity index (χ0) is 12.6. The molecule has 1 aromatic carbocycles. The summed E-state index contributed by atoms with van der Waals surface area (Å²) >= 11 is 0. The number of ether oxygens (including phenoxy) is 1. The Kier molecular flexibility index (Phi) is 5.53. The molecule has 1 aromatic rings. The molecule has 0 radical (unpaired) electrons. The van der Waals surface area contributed by atoms with Crippen LogP contribution in [0.15, 0.2) is 30.3 Å². The maximum absolute atomic E-state index is 5.72. The van der Waals surface area contributed by atoms with Gasteiger partial charge in [-0.3, -0.25) is 0 Å². The van der Waals surface area contributed by atoms with E-state index < -0.39 is 0 Å². The number of nitrogens with zero attached hydrogens (tertiary/aromatic N) is 1. The molecule has 2 heteroatoms. The summed E-state index contributed by atoms with van der Waals surface area (Å²) < 4.78 is 5.72. The summed E-state index contributed by atoms with van der Waals surface area (Å²) in [6.07, 6.45) is 7.14. The highest BCUT2D eigenvalue weighted by molar-refractivity contribution is 5.20. The van der Waals surface area contributed by atoms with Crippen LogP contribution in [0.1, 0.15) is 32.1 Å². The van der Waals surface area contributed by atoms with Crippen molar-refractivity contribution in [1.82, 2.24) is 4.90 Å². The number of rotatable bonds is 6. The summed E-state index contributed by atoms with van der Waals surface area (Å²) in [6, 6.07) is 10.1. The van der Waals surface area contributed by atoms with Gasteiger partial charge in [0.1, 0.15) is 12.4 Å². The maximum atomic E-state index is 5.72. The predicted molar refractivity (Wildman–Crippen MR) is 76.0 cm³/mol. The summed E-state index contributed by atoms with van der Waals surface area (Å²) in [5, 5.41) is 0. The number of para-hydroxylation sites is 1. The van der Waals surface area contributed by atoms with Crippen molar-refractivity contribution in [3.63, 3.8) is 0 Å². The highest BCUT2D eigenvalue weighted by Crippen LogP contribution is 2.23. The summed E-state index contributed by atoms with van der Waals surface area (Å²) in [5.74, 6) is 1.89. The van der Waals surface area contributed by atoms with Crippen molar-refractivity contribution in [1.29, 1.82) is 0 Å². The number of hydrogen-bond acceptors (Lipinski definition) is 2. The minimum atomic E-state index is 0.785. The van der Waals surface area contributed by atoms with E-state index in [0.29, 0.717) is 0 Å². The lowest BCUT2D eigenvalue weighted by Gasteiger charge is -2.26. The van der Waals surface area contributed by atoms with Gasteiger partial charge in [0.05, 0.1) is 0 Å². The van der Waals surface area contributed by atoms with Crippen molar-refractivity contribution >= 4 is 0 Å². The van der Waals surface area contributed by atoms with Crippen LogP contribution in [0.3, 0.4) is 0 Å². The molecule has 1 fully saturated rings. The lowest BCUT2D eigenvalue weighted by molar-refractivity contribution is 0.195. The van der Waals surface area contributed by atoms with Crippen molar-refractivity contribution in [3.8, 4) is 5.75 Å². The second-order valence-electron chi connectivity index (χ2n) is 5.43. The van der Waals surface area contributed by atoms with Crippen LogP contribution in [0, 0.1) is 5.92 Å². The fraction of sp³-hybridized carbons (Fsp3) is 0.625. The van der Waals surface area contributed by atoms with Crippen molar-refractivity contribution in [3.05, 3.63) is 30.3 Å². The number of hydrogen-bond donors (Lipinski definition) is 0. The largest absolute Gasteiger partial charge is 0.492 e. The number of benzene rings is 1. The quantitative estimate of drug-likeness (QED) is 0.762. The van der Waals surface area contributed by atoms with Gasteiger partial charge in [0.25, 0.3) is 0 Å². The fourth-order valence-corrected chi connectivity index (χ4v) is 2.74. The molecule has 0 spiro atoms. The van der Waals surface area contributed by atoms with E-state index in [1.165, 1.54) is 38.6 Å². The molecule has 0 bridgehead atoms. The first-order valence-corrected chi connectivity index (χ1v) is 7.21. The Balaban J connectivity index is 1.61.